The molecule has 0 fully saturated rings. The van der Waals surface area contributed by atoms with Gasteiger partial charge in [0.05, 0.1) is 6.04 Å². The van der Waals surface area contributed by atoms with Crippen molar-refractivity contribution >= 4 is 11.8 Å². The molecule has 0 heterocycles. The Morgan fingerprint density at radius 2 is 1.72 bits per heavy atom. The van der Waals surface area contributed by atoms with E-state index in [0.29, 0.717) is 17.9 Å². The summed E-state index contributed by atoms with van der Waals surface area (Å²) in [5.41, 5.74) is 6.60. The van der Waals surface area contributed by atoms with Crippen molar-refractivity contribution in [2.24, 2.45) is 5.73 Å². The van der Waals surface area contributed by atoms with Gasteiger partial charge in [0.15, 0.2) is 6.61 Å². The number of ether oxygens (including phenoxy) is 1. The van der Waals surface area contributed by atoms with Crippen LogP contribution in [0.1, 0.15) is 22.0 Å². The minimum absolute atomic E-state index is 0.116. The summed E-state index contributed by atoms with van der Waals surface area (Å²) in [6, 6.07) is 16.3. The maximum Gasteiger partial charge on any atom is 0.255 e. The molecular formula is C19H23N3O3. The molecular weight excluding hydrogens is 318 g/mol. The minimum Gasteiger partial charge on any atom is -0.484 e. The van der Waals surface area contributed by atoms with Gasteiger partial charge in [0.25, 0.3) is 11.8 Å². The lowest BCUT2D eigenvalue weighted by atomic mass is 10.1. The van der Waals surface area contributed by atoms with Gasteiger partial charge < -0.3 is 20.7 Å². The van der Waals surface area contributed by atoms with Crippen molar-refractivity contribution in [1.29, 1.82) is 0 Å². The first-order valence-electron chi connectivity index (χ1n) is 7.97. The van der Waals surface area contributed by atoms with E-state index in [2.05, 4.69) is 5.32 Å². The van der Waals surface area contributed by atoms with E-state index < -0.39 is 5.91 Å². The SMILES string of the molecule is CN(C)CC(NC(=O)c1ccc(OCC(N)=O)cc1)c1ccccc1. The van der Waals surface area contributed by atoms with Crippen molar-refractivity contribution in [2.45, 2.75) is 6.04 Å². The Balaban J connectivity index is 2.06. The van der Waals surface area contributed by atoms with Crippen molar-refractivity contribution < 1.29 is 14.3 Å². The summed E-state index contributed by atoms with van der Waals surface area (Å²) in [7, 11) is 3.93. The Labute approximate surface area is 147 Å². The zero-order valence-corrected chi connectivity index (χ0v) is 14.4. The Morgan fingerprint density at radius 1 is 1.08 bits per heavy atom. The summed E-state index contributed by atoms with van der Waals surface area (Å²) in [6.07, 6.45) is 0. The van der Waals surface area contributed by atoms with Gasteiger partial charge in [-0.15, -0.1) is 0 Å². The normalized spacial score (nSPS) is 11.8. The number of nitrogens with zero attached hydrogens (tertiary/aromatic N) is 1. The van der Waals surface area contributed by atoms with Crippen LogP contribution in [0.2, 0.25) is 0 Å². The molecule has 2 aromatic carbocycles. The molecule has 6 nitrogen and oxygen atoms in total. The molecule has 2 aromatic rings. The van der Waals surface area contributed by atoms with Gasteiger partial charge in [0.1, 0.15) is 5.75 Å². The van der Waals surface area contributed by atoms with Gasteiger partial charge in [-0.1, -0.05) is 30.3 Å². The predicted octanol–water partition coefficient (Wildman–Crippen LogP) is 1.58. The van der Waals surface area contributed by atoms with Gasteiger partial charge in [-0.05, 0) is 43.9 Å². The number of carbonyl (C=O) groups is 2. The molecule has 0 aliphatic carbocycles. The van der Waals surface area contributed by atoms with E-state index in [-0.39, 0.29) is 18.6 Å². The molecule has 0 aliphatic heterocycles. The fraction of sp³-hybridized carbons (Fsp3) is 0.263. The van der Waals surface area contributed by atoms with E-state index in [9.17, 15) is 9.59 Å². The summed E-state index contributed by atoms with van der Waals surface area (Å²) in [6.45, 7) is 0.500. The summed E-state index contributed by atoms with van der Waals surface area (Å²) >= 11 is 0. The third kappa shape index (κ3) is 5.93. The molecule has 0 saturated heterocycles. The first-order chi connectivity index (χ1) is 12.0. The number of likely N-dealkylation sites (N-methyl/N-ethyl adjacent to an activating group) is 1. The van der Waals surface area contributed by atoms with Gasteiger partial charge in [0.2, 0.25) is 0 Å². The summed E-state index contributed by atoms with van der Waals surface area (Å²) in [4.78, 5) is 25.3. The molecule has 0 aromatic heterocycles. The van der Waals surface area contributed by atoms with Gasteiger partial charge in [-0.3, -0.25) is 9.59 Å². The molecule has 25 heavy (non-hydrogen) atoms. The highest BCUT2D eigenvalue weighted by atomic mass is 16.5. The first kappa shape index (κ1) is 18.5. The molecule has 0 spiro atoms. The van der Waals surface area contributed by atoms with Crippen molar-refractivity contribution in [3.8, 4) is 5.75 Å². The van der Waals surface area contributed by atoms with Gasteiger partial charge in [-0.25, -0.2) is 0 Å². The Kier molecular flexibility index (Phi) is 6.54. The molecule has 2 amide bonds. The van der Waals surface area contributed by atoms with Gasteiger partial charge in [0, 0.05) is 12.1 Å². The quantitative estimate of drug-likeness (QED) is 0.763. The van der Waals surface area contributed by atoms with Crippen molar-refractivity contribution in [2.75, 3.05) is 27.2 Å². The lowest BCUT2D eigenvalue weighted by molar-refractivity contribution is -0.119. The standard InChI is InChI=1S/C19H23N3O3/c1-22(2)12-17(14-6-4-3-5-7-14)21-19(24)15-8-10-16(11-9-15)25-13-18(20)23/h3-11,17H,12-13H2,1-2H3,(H2,20,23)(H,21,24). The maximum atomic E-state index is 12.5. The van der Waals surface area contributed by atoms with Gasteiger partial charge >= 0.3 is 0 Å². The zero-order valence-electron chi connectivity index (χ0n) is 14.4. The number of benzene rings is 2. The van der Waals surface area contributed by atoms with Crippen molar-refractivity contribution in [3.05, 3.63) is 65.7 Å². The van der Waals surface area contributed by atoms with E-state index in [1.807, 2.05) is 49.3 Å². The second kappa shape index (κ2) is 8.84. The molecule has 6 heteroatoms. The monoisotopic (exact) mass is 341 g/mol. The smallest absolute Gasteiger partial charge is 0.255 e. The third-order valence-electron chi connectivity index (χ3n) is 3.55. The molecule has 0 bridgehead atoms. The first-order valence-corrected chi connectivity index (χ1v) is 7.97. The number of amides is 2. The molecule has 2 rings (SSSR count). The second-order valence-corrected chi connectivity index (χ2v) is 5.98. The number of nitrogens with two attached hydrogens (primary N) is 1. The summed E-state index contributed by atoms with van der Waals surface area (Å²) in [5, 5.41) is 3.06. The van der Waals surface area contributed by atoms with Gasteiger partial charge in [-0.2, -0.15) is 0 Å². The van der Waals surface area contributed by atoms with Crippen molar-refractivity contribution in [1.82, 2.24) is 10.2 Å². The molecule has 0 aliphatic rings. The number of hydrogen-bond donors (Lipinski definition) is 2. The Bertz CT molecular complexity index is 700. The molecule has 1 atom stereocenters. The van der Waals surface area contributed by atoms with Crippen molar-refractivity contribution in [3.63, 3.8) is 0 Å². The van der Waals surface area contributed by atoms with E-state index in [1.165, 1.54) is 0 Å². The van der Waals surface area contributed by atoms with Crippen LogP contribution in [0.15, 0.2) is 54.6 Å². The average Bonchev–Trinajstić information content (AvgIpc) is 2.60. The fourth-order valence-electron chi connectivity index (χ4n) is 2.38. The lowest BCUT2D eigenvalue weighted by Gasteiger charge is -2.23. The lowest BCUT2D eigenvalue weighted by Crippen LogP contribution is -2.35. The zero-order chi connectivity index (χ0) is 18.2. The van der Waals surface area contributed by atoms with E-state index >= 15 is 0 Å². The van der Waals surface area contributed by atoms with Crippen LogP contribution < -0.4 is 15.8 Å². The molecule has 0 radical (unpaired) electrons. The van der Waals surface area contributed by atoms with Crippen LogP contribution in [0, 0.1) is 0 Å². The summed E-state index contributed by atoms with van der Waals surface area (Å²) < 4.78 is 5.19. The predicted molar refractivity (Wildman–Crippen MR) is 96.3 cm³/mol. The average molecular weight is 341 g/mol. The highest BCUT2D eigenvalue weighted by molar-refractivity contribution is 5.94. The van der Waals surface area contributed by atoms with Crippen LogP contribution in [0.5, 0.6) is 5.75 Å². The maximum absolute atomic E-state index is 12.5. The summed E-state index contributed by atoms with van der Waals surface area (Å²) in [5.74, 6) is -0.225. The fourth-order valence-corrected chi connectivity index (χ4v) is 2.38. The van der Waals surface area contributed by atoms with Crippen LogP contribution in [0.4, 0.5) is 0 Å². The van der Waals surface area contributed by atoms with Crippen LogP contribution in [0.3, 0.4) is 0 Å². The van der Waals surface area contributed by atoms with Crippen LogP contribution in [0.25, 0.3) is 0 Å². The van der Waals surface area contributed by atoms with Crippen LogP contribution in [-0.4, -0.2) is 44.0 Å². The number of nitrogens with one attached hydrogen (secondary N) is 1. The van der Waals surface area contributed by atoms with Crippen LogP contribution in [-0.2, 0) is 4.79 Å². The number of primary amides is 1. The van der Waals surface area contributed by atoms with E-state index in [1.54, 1.807) is 24.3 Å². The molecule has 3 N–H and O–H groups in total. The highest BCUT2D eigenvalue weighted by Gasteiger charge is 2.16. The molecule has 1 unspecified atom stereocenters. The number of rotatable bonds is 8. The number of carbonyl (C=O) groups excluding carboxylic acids is 2. The van der Waals surface area contributed by atoms with Crippen LogP contribution >= 0.6 is 0 Å². The second-order valence-electron chi connectivity index (χ2n) is 5.98. The molecule has 0 saturated carbocycles. The van der Waals surface area contributed by atoms with E-state index in [4.69, 9.17) is 10.5 Å². The minimum atomic E-state index is -0.545. The topological polar surface area (TPSA) is 84.7 Å². The molecule has 132 valence electrons. The largest absolute Gasteiger partial charge is 0.484 e. The third-order valence-corrected chi connectivity index (χ3v) is 3.55. The Hall–Kier alpha value is -2.86. The Morgan fingerprint density at radius 3 is 2.28 bits per heavy atom. The number of hydrogen-bond acceptors (Lipinski definition) is 4. The highest BCUT2D eigenvalue weighted by Crippen LogP contribution is 2.16. The van der Waals surface area contributed by atoms with E-state index in [0.717, 1.165) is 5.56 Å².